The number of amides is 3. The maximum atomic E-state index is 13.6. The van der Waals surface area contributed by atoms with Crippen molar-refractivity contribution in [1.29, 1.82) is 0 Å². The van der Waals surface area contributed by atoms with Gasteiger partial charge in [0, 0.05) is 11.1 Å². The Balaban J connectivity index is 1.79. The van der Waals surface area contributed by atoms with Crippen molar-refractivity contribution in [3.8, 4) is 0 Å². The van der Waals surface area contributed by atoms with Gasteiger partial charge in [-0.2, -0.15) is 5.01 Å². The van der Waals surface area contributed by atoms with Crippen LogP contribution in [0.3, 0.4) is 0 Å². The van der Waals surface area contributed by atoms with Gasteiger partial charge < -0.3 is 0 Å². The number of hydrazine groups is 1. The summed E-state index contributed by atoms with van der Waals surface area (Å²) in [6.45, 7) is 1.50. The van der Waals surface area contributed by atoms with Crippen LogP contribution in [-0.4, -0.2) is 32.7 Å². The Morgan fingerprint density at radius 1 is 1.15 bits per heavy atom. The number of hydrogen-bond acceptors (Lipinski definition) is 5. The lowest BCUT2D eigenvalue weighted by atomic mass is 9.82. The Hall–Kier alpha value is -3.23. The molecule has 0 unspecified atom stereocenters. The number of halogens is 2. The molecule has 0 saturated carbocycles. The van der Waals surface area contributed by atoms with Crippen LogP contribution in [0.25, 0.3) is 0 Å². The summed E-state index contributed by atoms with van der Waals surface area (Å²) in [6.07, 6.45) is 2.73. The van der Waals surface area contributed by atoms with Crippen LogP contribution in [0.5, 0.6) is 0 Å². The van der Waals surface area contributed by atoms with Gasteiger partial charge >= 0.3 is 0 Å². The number of nitro groups is 1. The third kappa shape index (κ3) is 4.24. The quantitative estimate of drug-likeness (QED) is 0.261. The van der Waals surface area contributed by atoms with Gasteiger partial charge in [-0.15, -0.1) is 0 Å². The maximum absolute atomic E-state index is 13.6. The monoisotopic (exact) mass is 487 g/mol. The van der Waals surface area contributed by atoms with E-state index in [1.165, 1.54) is 24.3 Å². The minimum Gasteiger partial charge on any atom is -0.272 e. The van der Waals surface area contributed by atoms with Crippen molar-refractivity contribution in [2.24, 2.45) is 11.8 Å². The van der Waals surface area contributed by atoms with Gasteiger partial charge in [0.15, 0.2) is 0 Å². The van der Waals surface area contributed by atoms with Gasteiger partial charge in [-0.25, -0.2) is 5.01 Å². The number of allylic oxidation sites excluding steroid dienone is 2. The lowest BCUT2D eigenvalue weighted by molar-refractivity contribution is -0.385. The second-order valence-electron chi connectivity index (χ2n) is 8.06. The van der Waals surface area contributed by atoms with E-state index >= 15 is 0 Å². The zero-order valence-electron chi connectivity index (χ0n) is 17.5. The molecule has 10 heteroatoms. The minimum absolute atomic E-state index is 0.0700. The van der Waals surface area contributed by atoms with Crippen LogP contribution in [0.1, 0.15) is 35.7 Å². The molecule has 2 atom stereocenters. The summed E-state index contributed by atoms with van der Waals surface area (Å²) in [5.74, 6) is -2.89. The average Bonchev–Trinajstić information content (AvgIpc) is 3.02. The second-order valence-corrected chi connectivity index (χ2v) is 8.91. The predicted octanol–water partition coefficient (Wildman–Crippen LogP) is 4.80. The van der Waals surface area contributed by atoms with Crippen LogP contribution >= 0.6 is 23.2 Å². The number of carbonyl (C=O) groups is 3. The number of nitrogens with zero attached hydrogens (tertiary/aromatic N) is 3. The fourth-order valence-corrected chi connectivity index (χ4v) is 4.65. The lowest BCUT2D eigenvalue weighted by Gasteiger charge is -2.30. The highest BCUT2D eigenvalue weighted by atomic mass is 35.5. The van der Waals surface area contributed by atoms with Gasteiger partial charge in [0.05, 0.1) is 39.5 Å². The van der Waals surface area contributed by atoms with Crippen LogP contribution in [-0.2, 0) is 16.1 Å². The van der Waals surface area contributed by atoms with Crippen molar-refractivity contribution in [2.45, 2.75) is 26.3 Å². The van der Waals surface area contributed by atoms with Gasteiger partial charge in [0.2, 0.25) is 0 Å². The predicted molar refractivity (Wildman–Crippen MR) is 121 cm³/mol. The molecule has 0 spiro atoms. The first-order valence-electron chi connectivity index (χ1n) is 10.2. The molecule has 0 N–H and O–H groups in total. The molecule has 0 bridgehead atoms. The van der Waals surface area contributed by atoms with Crippen LogP contribution in [0, 0.1) is 22.0 Å². The molecule has 2 aromatic rings. The molecule has 2 aliphatic rings. The Bertz CT molecular complexity index is 1210. The summed E-state index contributed by atoms with van der Waals surface area (Å²) >= 11 is 12.1. The molecule has 33 heavy (non-hydrogen) atoms. The molecule has 0 radical (unpaired) electrons. The average molecular weight is 488 g/mol. The smallest absolute Gasteiger partial charge is 0.272 e. The van der Waals surface area contributed by atoms with Crippen molar-refractivity contribution in [3.05, 3.63) is 85.4 Å². The fourth-order valence-electron chi connectivity index (χ4n) is 4.27. The number of nitro benzene ring substituents is 1. The van der Waals surface area contributed by atoms with E-state index in [1.54, 1.807) is 12.1 Å². The molecule has 1 heterocycles. The first-order valence-corrected chi connectivity index (χ1v) is 11.0. The van der Waals surface area contributed by atoms with E-state index in [0.29, 0.717) is 12.8 Å². The van der Waals surface area contributed by atoms with Crippen molar-refractivity contribution < 1.29 is 19.3 Å². The standard InChI is InChI=1S/C23H19Cl2N3O5/c1-13-6-9-16-18(10-13)23(31)27(22(16)30)26(21(29)17-4-2-3-5-19(17)25)12-14-7-8-15(24)11-20(14)28(32)33/h2-8,11,16,18H,9-10,12H2,1H3/t16-,18+/m0/s1. The topological polar surface area (TPSA) is 101 Å². The maximum Gasteiger partial charge on any atom is 0.275 e. The van der Waals surface area contributed by atoms with Crippen molar-refractivity contribution >= 4 is 46.6 Å². The van der Waals surface area contributed by atoms with Gasteiger partial charge in [-0.05, 0) is 44.0 Å². The minimum atomic E-state index is -0.713. The third-order valence-corrected chi connectivity index (χ3v) is 6.51. The van der Waals surface area contributed by atoms with Gasteiger partial charge in [-0.1, -0.05) is 47.0 Å². The van der Waals surface area contributed by atoms with Crippen molar-refractivity contribution in [1.82, 2.24) is 10.0 Å². The molecule has 3 amide bonds. The first kappa shape index (κ1) is 22.9. The summed E-state index contributed by atoms with van der Waals surface area (Å²) < 4.78 is 0. The number of carbonyl (C=O) groups excluding carboxylic acids is 3. The highest BCUT2D eigenvalue weighted by Crippen LogP contribution is 2.39. The molecule has 1 aliphatic carbocycles. The van der Waals surface area contributed by atoms with Crippen LogP contribution in [0.4, 0.5) is 5.69 Å². The summed E-state index contributed by atoms with van der Waals surface area (Å²) in [5, 5.41) is 13.7. The fraction of sp³-hybridized carbons (Fsp3) is 0.261. The summed E-state index contributed by atoms with van der Waals surface area (Å²) in [5.41, 5.74) is 0.861. The zero-order valence-corrected chi connectivity index (χ0v) is 19.0. The van der Waals surface area contributed by atoms with E-state index < -0.39 is 34.5 Å². The Morgan fingerprint density at radius 3 is 2.55 bits per heavy atom. The van der Waals surface area contributed by atoms with E-state index in [4.69, 9.17) is 23.2 Å². The Labute approximate surface area is 199 Å². The van der Waals surface area contributed by atoms with Crippen molar-refractivity contribution in [3.63, 3.8) is 0 Å². The highest BCUT2D eigenvalue weighted by Gasteiger charge is 2.51. The highest BCUT2D eigenvalue weighted by molar-refractivity contribution is 6.34. The number of imide groups is 1. The molecular weight excluding hydrogens is 469 g/mol. The van der Waals surface area contributed by atoms with E-state index in [9.17, 15) is 24.5 Å². The van der Waals surface area contributed by atoms with Crippen molar-refractivity contribution in [2.75, 3.05) is 0 Å². The summed E-state index contributed by atoms with van der Waals surface area (Å²) in [4.78, 5) is 51.1. The SMILES string of the molecule is CC1=CC[C@@H]2C(=O)N(N(Cc3ccc(Cl)cc3[N+](=O)[O-])C(=O)c3ccccc3Cl)C(=O)[C@@H]2C1. The molecule has 2 aromatic carbocycles. The van der Waals surface area contributed by atoms with Crippen LogP contribution in [0.2, 0.25) is 10.0 Å². The molecule has 170 valence electrons. The Morgan fingerprint density at radius 2 is 1.85 bits per heavy atom. The molecule has 8 nitrogen and oxygen atoms in total. The van der Waals surface area contributed by atoms with Gasteiger partial charge in [0.25, 0.3) is 23.4 Å². The number of rotatable bonds is 5. The molecule has 0 aromatic heterocycles. The largest absolute Gasteiger partial charge is 0.275 e. The Kier molecular flexibility index (Phi) is 6.23. The van der Waals surface area contributed by atoms with E-state index in [1.807, 2.05) is 13.0 Å². The number of benzene rings is 2. The molecule has 1 saturated heterocycles. The van der Waals surface area contributed by atoms with E-state index in [0.717, 1.165) is 21.7 Å². The van der Waals surface area contributed by atoms with Crippen LogP contribution in [0.15, 0.2) is 54.1 Å². The second kappa shape index (κ2) is 8.96. The normalized spacial score (nSPS) is 19.8. The summed E-state index contributed by atoms with van der Waals surface area (Å²) in [6, 6.07) is 10.2. The molecule has 4 rings (SSSR count). The molecule has 1 aliphatic heterocycles. The third-order valence-electron chi connectivity index (χ3n) is 5.94. The van der Waals surface area contributed by atoms with Gasteiger partial charge in [0.1, 0.15) is 0 Å². The number of hydrogen-bond donors (Lipinski definition) is 0. The summed E-state index contributed by atoms with van der Waals surface area (Å²) in [7, 11) is 0. The van der Waals surface area contributed by atoms with Gasteiger partial charge in [-0.3, -0.25) is 24.5 Å². The molecule has 1 fully saturated rings. The van der Waals surface area contributed by atoms with E-state index in [-0.39, 0.29) is 33.4 Å². The first-order chi connectivity index (χ1) is 15.7. The lowest BCUT2D eigenvalue weighted by Crippen LogP contribution is -2.50. The molecular formula is C23H19Cl2N3O5. The zero-order chi connectivity index (χ0) is 23.9. The number of fused-ring (bicyclic) bond motifs is 1. The van der Waals surface area contributed by atoms with Crippen LogP contribution < -0.4 is 0 Å². The van der Waals surface area contributed by atoms with E-state index in [2.05, 4.69) is 0 Å².